The molecule has 0 bridgehead atoms. The van der Waals surface area contributed by atoms with E-state index in [4.69, 9.17) is 9.47 Å². The highest BCUT2D eigenvalue weighted by molar-refractivity contribution is 5.86. The largest absolute Gasteiger partial charge is 0.490 e. The van der Waals surface area contributed by atoms with Crippen molar-refractivity contribution in [3.05, 3.63) is 95.1 Å². The Bertz CT molecular complexity index is 1160. The smallest absolute Gasteiger partial charge is 0.243 e. The Morgan fingerprint density at radius 1 is 1.00 bits per heavy atom. The number of hydrogen-bond donors (Lipinski definition) is 1. The first-order valence-corrected chi connectivity index (χ1v) is 12.2. The van der Waals surface area contributed by atoms with E-state index in [0.29, 0.717) is 24.7 Å². The maximum absolute atomic E-state index is 12.6. The average molecular weight is 471 g/mol. The molecule has 0 saturated heterocycles. The van der Waals surface area contributed by atoms with Crippen molar-refractivity contribution in [1.29, 1.82) is 0 Å². The summed E-state index contributed by atoms with van der Waals surface area (Å²) < 4.78 is 11.7. The Kier molecular flexibility index (Phi) is 7.54. The number of carbonyl (C=O) groups is 1. The molecule has 1 saturated carbocycles. The van der Waals surface area contributed by atoms with E-state index in [9.17, 15) is 4.79 Å². The molecule has 5 heteroatoms. The third-order valence-corrected chi connectivity index (χ3v) is 6.23. The normalized spacial score (nSPS) is 17.3. The van der Waals surface area contributed by atoms with Crippen LogP contribution >= 0.6 is 0 Å². The SMILES string of the molecule is CCOc1cc(/C=N/NC(=O)[C@H]2C[C@@H]2c2ccc(C(C)(C)C)cc2)ccc1OCc1ccccc1. The van der Waals surface area contributed by atoms with Crippen LogP contribution in [0.1, 0.15) is 62.3 Å². The summed E-state index contributed by atoms with van der Waals surface area (Å²) in [6.45, 7) is 9.54. The van der Waals surface area contributed by atoms with Crippen molar-refractivity contribution in [2.75, 3.05) is 6.61 Å². The molecule has 35 heavy (non-hydrogen) atoms. The van der Waals surface area contributed by atoms with Gasteiger partial charge in [0.15, 0.2) is 11.5 Å². The number of carbonyl (C=O) groups excluding carboxylic acids is 1. The molecule has 0 heterocycles. The van der Waals surface area contributed by atoms with Crippen LogP contribution in [0.15, 0.2) is 77.9 Å². The fourth-order valence-corrected chi connectivity index (χ4v) is 4.06. The van der Waals surface area contributed by atoms with Crippen LogP contribution in [0.4, 0.5) is 0 Å². The van der Waals surface area contributed by atoms with Gasteiger partial charge in [-0.1, -0.05) is 75.4 Å². The third kappa shape index (κ3) is 6.50. The molecule has 4 rings (SSSR count). The van der Waals surface area contributed by atoms with Gasteiger partial charge in [-0.05, 0) is 65.1 Å². The molecule has 0 aromatic heterocycles. The summed E-state index contributed by atoms with van der Waals surface area (Å²) in [6, 6.07) is 24.3. The van der Waals surface area contributed by atoms with Gasteiger partial charge in [0.1, 0.15) is 6.61 Å². The minimum atomic E-state index is -0.0426. The lowest BCUT2D eigenvalue weighted by Gasteiger charge is -2.19. The lowest BCUT2D eigenvalue weighted by molar-refractivity contribution is -0.122. The van der Waals surface area contributed by atoms with Crippen molar-refractivity contribution in [3.63, 3.8) is 0 Å². The predicted octanol–water partition coefficient (Wildman–Crippen LogP) is 6.22. The zero-order chi connectivity index (χ0) is 24.8. The van der Waals surface area contributed by atoms with Crippen LogP contribution in [0.5, 0.6) is 11.5 Å². The van der Waals surface area contributed by atoms with E-state index in [1.54, 1.807) is 6.21 Å². The number of nitrogens with one attached hydrogen (secondary N) is 1. The first kappa shape index (κ1) is 24.5. The molecule has 1 aliphatic rings. The summed E-state index contributed by atoms with van der Waals surface area (Å²) in [5, 5.41) is 4.18. The van der Waals surface area contributed by atoms with Crippen LogP contribution in [0.2, 0.25) is 0 Å². The molecule has 182 valence electrons. The van der Waals surface area contributed by atoms with E-state index in [1.165, 1.54) is 11.1 Å². The Morgan fingerprint density at radius 2 is 1.74 bits per heavy atom. The van der Waals surface area contributed by atoms with E-state index < -0.39 is 0 Å². The van der Waals surface area contributed by atoms with Crippen LogP contribution in [0.25, 0.3) is 0 Å². The highest BCUT2D eigenvalue weighted by atomic mass is 16.5. The highest BCUT2D eigenvalue weighted by Crippen LogP contribution is 2.47. The minimum Gasteiger partial charge on any atom is -0.490 e. The monoisotopic (exact) mass is 470 g/mol. The van der Waals surface area contributed by atoms with Crippen molar-refractivity contribution >= 4 is 12.1 Å². The Labute approximate surface area is 208 Å². The van der Waals surface area contributed by atoms with Crippen LogP contribution < -0.4 is 14.9 Å². The van der Waals surface area contributed by atoms with Crippen LogP contribution in [0, 0.1) is 5.92 Å². The van der Waals surface area contributed by atoms with Gasteiger partial charge < -0.3 is 9.47 Å². The topological polar surface area (TPSA) is 59.9 Å². The summed E-state index contributed by atoms with van der Waals surface area (Å²) in [7, 11) is 0. The van der Waals surface area contributed by atoms with Gasteiger partial charge in [-0.15, -0.1) is 0 Å². The molecule has 0 spiro atoms. The second-order valence-electron chi connectivity index (χ2n) is 9.97. The van der Waals surface area contributed by atoms with E-state index in [2.05, 4.69) is 55.6 Å². The highest BCUT2D eigenvalue weighted by Gasteiger charge is 2.44. The molecule has 0 radical (unpaired) electrons. The fraction of sp³-hybridized carbons (Fsp3) is 0.333. The molecule has 0 unspecified atom stereocenters. The number of amides is 1. The van der Waals surface area contributed by atoms with E-state index in [-0.39, 0.29) is 23.2 Å². The maximum atomic E-state index is 12.6. The minimum absolute atomic E-state index is 0.0274. The third-order valence-electron chi connectivity index (χ3n) is 6.23. The van der Waals surface area contributed by atoms with Crippen molar-refractivity contribution in [2.24, 2.45) is 11.0 Å². The average Bonchev–Trinajstić information content (AvgIpc) is 3.65. The van der Waals surface area contributed by atoms with E-state index >= 15 is 0 Å². The molecular weight excluding hydrogens is 436 g/mol. The number of rotatable bonds is 9. The van der Waals surface area contributed by atoms with Gasteiger partial charge in [-0.2, -0.15) is 5.10 Å². The molecule has 0 aliphatic heterocycles. The number of ether oxygens (including phenoxy) is 2. The van der Waals surface area contributed by atoms with Crippen molar-refractivity contribution in [3.8, 4) is 11.5 Å². The molecule has 1 fully saturated rings. The summed E-state index contributed by atoms with van der Waals surface area (Å²) in [5.41, 5.74) is 7.26. The number of hydrogen-bond acceptors (Lipinski definition) is 4. The van der Waals surface area contributed by atoms with E-state index in [1.807, 2.05) is 55.5 Å². The predicted molar refractivity (Wildman–Crippen MR) is 140 cm³/mol. The van der Waals surface area contributed by atoms with Gasteiger partial charge >= 0.3 is 0 Å². The standard InChI is InChI=1S/C30H34N2O3/c1-5-34-28-17-22(11-16-27(28)35-20-21-9-7-6-8-10-21)19-31-32-29(33)26-18-25(26)23-12-14-24(15-13-23)30(2,3)4/h6-17,19,25-26H,5,18,20H2,1-4H3,(H,32,33)/b31-19+/t25-,26+/m1/s1. The van der Waals surface area contributed by atoms with E-state index in [0.717, 1.165) is 17.5 Å². The van der Waals surface area contributed by atoms with Crippen molar-refractivity contribution < 1.29 is 14.3 Å². The molecule has 1 aliphatic carbocycles. The zero-order valence-electron chi connectivity index (χ0n) is 21.0. The maximum Gasteiger partial charge on any atom is 0.243 e. The Morgan fingerprint density at radius 3 is 2.43 bits per heavy atom. The lowest BCUT2D eigenvalue weighted by Crippen LogP contribution is -2.20. The van der Waals surface area contributed by atoms with Gasteiger partial charge in [0.2, 0.25) is 5.91 Å². The molecular formula is C30H34N2O3. The summed E-state index contributed by atoms with van der Waals surface area (Å²) in [6.07, 6.45) is 2.50. The zero-order valence-corrected chi connectivity index (χ0v) is 21.0. The van der Waals surface area contributed by atoms with Crippen LogP contribution in [-0.4, -0.2) is 18.7 Å². The van der Waals surface area contributed by atoms with Crippen molar-refractivity contribution in [2.45, 2.75) is 52.1 Å². The summed E-state index contributed by atoms with van der Waals surface area (Å²) in [5.74, 6) is 1.53. The van der Waals surface area contributed by atoms with Gasteiger partial charge in [0.25, 0.3) is 0 Å². The Hall–Kier alpha value is -3.60. The molecule has 1 N–H and O–H groups in total. The first-order chi connectivity index (χ1) is 16.8. The van der Waals surface area contributed by atoms with Gasteiger partial charge in [-0.3, -0.25) is 4.79 Å². The lowest BCUT2D eigenvalue weighted by atomic mass is 9.86. The molecule has 5 nitrogen and oxygen atoms in total. The van der Waals surface area contributed by atoms with Crippen LogP contribution in [-0.2, 0) is 16.8 Å². The van der Waals surface area contributed by atoms with Crippen LogP contribution in [0.3, 0.4) is 0 Å². The molecule has 2 atom stereocenters. The summed E-state index contributed by atoms with van der Waals surface area (Å²) in [4.78, 5) is 12.6. The number of nitrogens with zero attached hydrogens (tertiary/aromatic N) is 1. The van der Waals surface area contributed by atoms with Crippen molar-refractivity contribution in [1.82, 2.24) is 5.43 Å². The molecule has 3 aromatic rings. The van der Waals surface area contributed by atoms with Gasteiger partial charge in [0, 0.05) is 5.92 Å². The fourth-order valence-electron chi connectivity index (χ4n) is 4.06. The first-order valence-electron chi connectivity index (χ1n) is 12.2. The second kappa shape index (κ2) is 10.8. The Balaban J connectivity index is 1.32. The number of benzene rings is 3. The number of hydrazone groups is 1. The molecule has 3 aromatic carbocycles. The van der Waals surface area contributed by atoms with Gasteiger partial charge in [-0.25, -0.2) is 5.43 Å². The summed E-state index contributed by atoms with van der Waals surface area (Å²) >= 11 is 0. The van der Waals surface area contributed by atoms with Gasteiger partial charge in [0.05, 0.1) is 12.8 Å². The second-order valence-corrected chi connectivity index (χ2v) is 9.97. The quantitative estimate of drug-likeness (QED) is 0.298. The molecule has 1 amide bonds.